The molecular formula is C21H24O10. The number of aliphatic hydroxyl groups is 4. The third-order valence-corrected chi connectivity index (χ3v) is 5.74. The molecule has 168 valence electrons. The van der Waals surface area contributed by atoms with Gasteiger partial charge < -0.3 is 44.8 Å². The lowest BCUT2D eigenvalue weighted by molar-refractivity contribution is -0.277. The first-order valence-corrected chi connectivity index (χ1v) is 9.83. The molecule has 0 saturated carbocycles. The normalized spacial score (nSPS) is 33.4. The van der Waals surface area contributed by atoms with Gasteiger partial charge >= 0.3 is 0 Å². The minimum absolute atomic E-state index is 0.0992. The van der Waals surface area contributed by atoms with Crippen molar-refractivity contribution in [1.29, 1.82) is 0 Å². The first kappa shape index (κ1) is 21.8. The third-order valence-electron chi connectivity index (χ3n) is 5.74. The summed E-state index contributed by atoms with van der Waals surface area (Å²) in [4.78, 5) is 12.6. The van der Waals surface area contributed by atoms with E-state index < -0.39 is 49.5 Å². The maximum absolute atomic E-state index is 12.6. The number of phenols is 2. The maximum atomic E-state index is 12.6. The van der Waals surface area contributed by atoms with E-state index in [9.17, 15) is 35.4 Å². The van der Waals surface area contributed by atoms with Crippen LogP contribution in [0.3, 0.4) is 0 Å². The van der Waals surface area contributed by atoms with Crippen LogP contribution in [0.5, 0.6) is 17.2 Å². The molecule has 7 atom stereocenters. The second kappa shape index (κ2) is 7.90. The molecule has 7 unspecified atom stereocenters. The second-order valence-electron chi connectivity index (χ2n) is 7.83. The number of carbonyl (C=O) groups excluding carboxylic acids is 1. The van der Waals surface area contributed by atoms with Gasteiger partial charge in [0.05, 0.1) is 18.1 Å². The molecule has 0 amide bonds. The number of aromatic hydroxyl groups is 2. The summed E-state index contributed by atoms with van der Waals surface area (Å²) < 4.78 is 16.6. The van der Waals surface area contributed by atoms with E-state index in [4.69, 9.17) is 14.2 Å². The number of carbonyl (C=O) groups is 1. The summed E-state index contributed by atoms with van der Waals surface area (Å²) in [5.41, 5.74) is 0.528. The zero-order valence-corrected chi connectivity index (χ0v) is 16.8. The number of Topliss-reactive ketones (excluding diaryl/α,β-unsaturated/α-hetero) is 1. The average molecular weight is 436 g/mol. The molecule has 2 heterocycles. The SMILES string of the molecule is CC1OC(C)c2c(cc3cc(O)cc(OC4OC(CO)C(O)C(O)C4O)c3c2O)C1=O. The minimum atomic E-state index is -1.68. The Morgan fingerprint density at radius 2 is 1.68 bits per heavy atom. The van der Waals surface area contributed by atoms with Crippen molar-refractivity contribution in [2.75, 3.05) is 6.61 Å². The van der Waals surface area contributed by atoms with Gasteiger partial charge in [-0.1, -0.05) is 0 Å². The van der Waals surface area contributed by atoms with Crippen LogP contribution in [0.1, 0.15) is 35.9 Å². The number of fused-ring (bicyclic) bond motifs is 2. The molecule has 1 saturated heterocycles. The van der Waals surface area contributed by atoms with Gasteiger partial charge in [0.1, 0.15) is 47.8 Å². The van der Waals surface area contributed by atoms with Gasteiger partial charge in [0.2, 0.25) is 6.29 Å². The van der Waals surface area contributed by atoms with Gasteiger partial charge in [0.15, 0.2) is 5.78 Å². The Morgan fingerprint density at radius 1 is 0.968 bits per heavy atom. The first-order chi connectivity index (χ1) is 14.6. The molecule has 4 rings (SSSR count). The molecule has 6 N–H and O–H groups in total. The van der Waals surface area contributed by atoms with E-state index in [0.29, 0.717) is 5.39 Å². The van der Waals surface area contributed by atoms with Gasteiger partial charge in [-0.25, -0.2) is 0 Å². The highest BCUT2D eigenvalue weighted by atomic mass is 16.7. The molecule has 0 bridgehead atoms. The van der Waals surface area contributed by atoms with Crippen molar-refractivity contribution < 1.29 is 49.6 Å². The molecule has 0 aromatic heterocycles. The smallest absolute Gasteiger partial charge is 0.229 e. The highest BCUT2D eigenvalue weighted by Gasteiger charge is 2.45. The van der Waals surface area contributed by atoms with Crippen LogP contribution in [0.4, 0.5) is 0 Å². The largest absolute Gasteiger partial charge is 0.508 e. The number of hydrogen-bond acceptors (Lipinski definition) is 10. The average Bonchev–Trinajstić information content (AvgIpc) is 2.71. The summed E-state index contributed by atoms with van der Waals surface area (Å²) in [5.74, 6) is -0.949. The molecule has 2 aromatic carbocycles. The number of ketones is 1. The van der Waals surface area contributed by atoms with Crippen LogP contribution < -0.4 is 4.74 Å². The highest BCUT2D eigenvalue weighted by Crippen LogP contribution is 2.46. The van der Waals surface area contributed by atoms with Gasteiger partial charge in [-0.2, -0.15) is 0 Å². The number of benzene rings is 2. The van der Waals surface area contributed by atoms with Crippen molar-refractivity contribution >= 4 is 16.6 Å². The summed E-state index contributed by atoms with van der Waals surface area (Å²) >= 11 is 0. The Balaban J connectivity index is 1.82. The fraction of sp³-hybridized carbons (Fsp3) is 0.476. The Kier molecular flexibility index (Phi) is 5.54. The number of phenolic OH excluding ortho intramolecular Hbond substituents is 2. The van der Waals surface area contributed by atoms with Crippen LogP contribution in [-0.2, 0) is 9.47 Å². The molecule has 0 radical (unpaired) electrons. The van der Waals surface area contributed by atoms with Crippen molar-refractivity contribution in [3.8, 4) is 17.2 Å². The summed E-state index contributed by atoms with van der Waals surface area (Å²) in [5, 5.41) is 61.1. The van der Waals surface area contributed by atoms with Crippen LogP contribution in [-0.4, -0.2) is 79.8 Å². The van der Waals surface area contributed by atoms with Crippen molar-refractivity contribution in [1.82, 2.24) is 0 Å². The van der Waals surface area contributed by atoms with Crippen LogP contribution in [0.2, 0.25) is 0 Å². The zero-order chi connectivity index (χ0) is 22.6. The Labute approximate surface area is 176 Å². The van der Waals surface area contributed by atoms with Crippen molar-refractivity contribution in [3.05, 3.63) is 29.3 Å². The van der Waals surface area contributed by atoms with Crippen molar-refractivity contribution in [2.24, 2.45) is 0 Å². The van der Waals surface area contributed by atoms with E-state index in [2.05, 4.69) is 0 Å². The zero-order valence-electron chi connectivity index (χ0n) is 16.8. The molecule has 0 spiro atoms. The summed E-state index contributed by atoms with van der Waals surface area (Å²) in [6, 6.07) is 4.03. The monoisotopic (exact) mass is 436 g/mol. The molecule has 10 heteroatoms. The predicted octanol–water partition coefficient (Wildman–Crippen LogP) is 0.0921. The van der Waals surface area contributed by atoms with Gasteiger partial charge in [0.25, 0.3) is 0 Å². The summed E-state index contributed by atoms with van der Waals surface area (Å²) in [7, 11) is 0. The van der Waals surface area contributed by atoms with Crippen LogP contribution in [0.25, 0.3) is 10.8 Å². The van der Waals surface area contributed by atoms with Gasteiger partial charge in [-0.15, -0.1) is 0 Å². The predicted molar refractivity (Wildman–Crippen MR) is 105 cm³/mol. The maximum Gasteiger partial charge on any atom is 0.229 e. The van der Waals surface area contributed by atoms with E-state index in [1.807, 2.05) is 0 Å². The lowest BCUT2D eigenvalue weighted by Crippen LogP contribution is -2.60. The molecule has 31 heavy (non-hydrogen) atoms. The fourth-order valence-electron chi connectivity index (χ4n) is 4.14. The third kappa shape index (κ3) is 3.51. The number of ether oxygens (including phenoxy) is 3. The second-order valence-corrected chi connectivity index (χ2v) is 7.83. The Morgan fingerprint density at radius 3 is 2.35 bits per heavy atom. The van der Waals surface area contributed by atoms with E-state index in [-0.39, 0.29) is 39.5 Å². The lowest BCUT2D eigenvalue weighted by atomic mass is 9.89. The standard InChI is InChI=1S/C21H24O10/c1-7-14-11(16(24)8(2)29-7)4-9-3-10(23)5-12(15(9)18(14)26)30-21-20(28)19(27)17(25)13(6-22)31-21/h3-5,7-8,13,17,19-23,25-28H,6H2,1-2H3. The van der Waals surface area contributed by atoms with Crippen LogP contribution in [0, 0.1) is 0 Å². The van der Waals surface area contributed by atoms with Crippen molar-refractivity contribution in [3.63, 3.8) is 0 Å². The van der Waals surface area contributed by atoms with Gasteiger partial charge in [0, 0.05) is 17.2 Å². The van der Waals surface area contributed by atoms with E-state index >= 15 is 0 Å². The Hall–Kier alpha value is -2.47. The molecule has 2 aliphatic heterocycles. The molecular weight excluding hydrogens is 412 g/mol. The topological polar surface area (TPSA) is 166 Å². The van der Waals surface area contributed by atoms with E-state index in [0.717, 1.165) is 0 Å². The molecule has 2 aromatic rings. The number of rotatable bonds is 3. The molecule has 1 fully saturated rings. The first-order valence-electron chi connectivity index (χ1n) is 9.83. The van der Waals surface area contributed by atoms with Crippen LogP contribution in [0.15, 0.2) is 18.2 Å². The molecule has 0 aliphatic carbocycles. The minimum Gasteiger partial charge on any atom is -0.508 e. The van der Waals surface area contributed by atoms with Gasteiger partial charge in [-0.05, 0) is 31.4 Å². The van der Waals surface area contributed by atoms with E-state index in [1.54, 1.807) is 13.8 Å². The summed E-state index contributed by atoms with van der Waals surface area (Å²) in [6.45, 7) is 2.66. The van der Waals surface area contributed by atoms with Crippen LogP contribution >= 0.6 is 0 Å². The fourth-order valence-corrected chi connectivity index (χ4v) is 4.14. The summed E-state index contributed by atoms with van der Waals surface area (Å²) in [6.07, 6.45) is -8.91. The lowest BCUT2D eigenvalue weighted by Gasteiger charge is -2.39. The molecule has 10 nitrogen and oxygen atoms in total. The van der Waals surface area contributed by atoms with Gasteiger partial charge in [-0.3, -0.25) is 4.79 Å². The highest BCUT2D eigenvalue weighted by molar-refractivity contribution is 6.08. The van der Waals surface area contributed by atoms with E-state index in [1.165, 1.54) is 18.2 Å². The quantitative estimate of drug-likeness (QED) is 0.388. The number of aliphatic hydroxyl groups excluding tert-OH is 4. The number of hydrogen-bond donors (Lipinski definition) is 6. The molecule has 2 aliphatic rings. The van der Waals surface area contributed by atoms with Crippen molar-refractivity contribution in [2.45, 2.75) is 56.8 Å². The Bertz CT molecular complexity index is 1020.